The highest BCUT2D eigenvalue weighted by Crippen LogP contribution is 2.27. The van der Waals surface area contributed by atoms with Gasteiger partial charge in [0.05, 0.1) is 18.2 Å². The zero-order valence-corrected chi connectivity index (χ0v) is 11.1. The quantitative estimate of drug-likeness (QED) is 0.890. The Balaban J connectivity index is 2.11. The molecule has 0 amide bonds. The van der Waals surface area contributed by atoms with Gasteiger partial charge in [0.2, 0.25) is 0 Å². The highest BCUT2D eigenvalue weighted by atomic mass is 32.2. The first-order chi connectivity index (χ1) is 8.68. The summed E-state index contributed by atoms with van der Waals surface area (Å²) in [5.41, 5.74) is 0.903. The maximum Gasteiger partial charge on any atom is 0.304 e. The highest BCUT2D eigenvalue weighted by Gasteiger charge is 2.29. The van der Waals surface area contributed by atoms with Gasteiger partial charge in [-0.1, -0.05) is 0 Å². The van der Waals surface area contributed by atoms with Gasteiger partial charge in [-0.3, -0.25) is 19.7 Å². The van der Waals surface area contributed by atoms with Crippen molar-refractivity contribution in [1.29, 1.82) is 0 Å². The SMILES string of the molecule is CC(c1cnccn1)N1CCSCC1CC(=O)O. The number of nitrogens with zero attached hydrogens (tertiary/aromatic N) is 3. The molecule has 1 saturated heterocycles. The predicted molar refractivity (Wildman–Crippen MR) is 70.5 cm³/mol. The van der Waals surface area contributed by atoms with Gasteiger partial charge in [0.1, 0.15) is 0 Å². The van der Waals surface area contributed by atoms with Gasteiger partial charge in [-0.25, -0.2) is 0 Å². The number of hydrogen-bond donors (Lipinski definition) is 1. The van der Waals surface area contributed by atoms with Crippen LogP contribution in [-0.2, 0) is 4.79 Å². The number of aliphatic carboxylic acids is 1. The van der Waals surface area contributed by atoms with E-state index in [1.54, 1.807) is 18.6 Å². The summed E-state index contributed by atoms with van der Waals surface area (Å²) in [6.07, 6.45) is 5.27. The Morgan fingerprint density at radius 3 is 3.17 bits per heavy atom. The normalized spacial score (nSPS) is 22.6. The molecule has 1 aliphatic heterocycles. The molecule has 0 bridgehead atoms. The fourth-order valence-electron chi connectivity index (χ4n) is 2.25. The molecule has 1 N–H and O–H groups in total. The van der Waals surface area contributed by atoms with Crippen LogP contribution in [0.4, 0.5) is 0 Å². The van der Waals surface area contributed by atoms with Crippen molar-refractivity contribution in [2.75, 3.05) is 18.1 Å². The van der Waals surface area contributed by atoms with E-state index < -0.39 is 5.97 Å². The van der Waals surface area contributed by atoms with Crippen LogP contribution >= 0.6 is 11.8 Å². The van der Waals surface area contributed by atoms with Crippen molar-refractivity contribution in [3.63, 3.8) is 0 Å². The Kier molecular flexibility index (Phi) is 4.54. The van der Waals surface area contributed by atoms with Gasteiger partial charge >= 0.3 is 5.97 Å². The summed E-state index contributed by atoms with van der Waals surface area (Å²) in [5, 5.41) is 8.97. The number of carbonyl (C=O) groups is 1. The van der Waals surface area contributed by atoms with Crippen molar-refractivity contribution in [1.82, 2.24) is 14.9 Å². The van der Waals surface area contributed by atoms with Gasteiger partial charge in [-0.05, 0) is 6.92 Å². The molecule has 2 heterocycles. The molecule has 98 valence electrons. The summed E-state index contributed by atoms with van der Waals surface area (Å²) < 4.78 is 0. The summed E-state index contributed by atoms with van der Waals surface area (Å²) in [7, 11) is 0. The summed E-state index contributed by atoms with van der Waals surface area (Å²) >= 11 is 1.82. The van der Waals surface area contributed by atoms with E-state index in [1.165, 1.54) is 0 Å². The summed E-state index contributed by atoms with van der Waals surface area (Å²) in [6, 6.07) is 0.196. The first-order valence-corrected chi connectivity index (χ1v) is 7.15. The van der Waals surface area contributed by atoms with Crippen LogP contribution in [0.1, 0.15) is 25.1 Å². The standard InChI is InChI=1S/C12H17N3O2S/c1-9(11-7-13-2-3-14-11)15-4-5-18-8-10(15)6-12(16)17/h2-3,7,9-10H,4-6,8H2,1H3,(H,16,17). The molecule has 2 unspecified atom stereocenters. The molecule has 1 aromatic rings. The van der Waals surface area contributed by atoms with Crippen molar-refractivity contribution >= 4 is 17.7 Å². The molecule has 0 radical (unpaired) electrons. The lowest BCUT2D eigenvalue weighted by Gasteiger charge is -2.38. The average molecular weight is 267 g/mol. The molecule has 0 saturated carbocycles. The summed E-state index contributed by atoms with van der Waals surface area (Å²) in [4.78, 5) is 21.5. The van der Waals surface area contributed by atoms with Crippen molar-refractivity contribution in [3.05, 3.63) is 24.3 Å². The fourth-order valence-corrected chi connectivity index (χ4v) is 3.34. The van der Waals surface area contributed by atoms with Crippen molar-refractivity contribution < 1.29 is 9.90 Å². The molecular weight excluding hydrogens is 250 g/mol. The molecule has 0 aliphatic carbocycles. The molecular formula is C12H17N3O2S. The van der Waals surface area contributed by atoms with Crippen molar-refractivity contribution in [2.45, 2.75) is 25.4 Å². The summed E-state index contributed by atoms with van der Waals surface area (Å²) in [6.45, 7) is 2.97. The number of carboxylic acids is 1. The molecule has 1 aromatic heterocycles. The van der Waals surface area contributed by atoms with Gasteiger partial charge in [0.15, 0.2) is 0 Å². The first-order valence-electron chi connectivity index (χ1n) is 5.99. The topological polar surface area (TPSA) is 66.3 Å². The molecule has 6 heteroatoms. The maximum absolute atomic E-state index is 10.9. The molecule has 2 atom stereocenters. The lowest BCUT2D eigenvalue weighted by Crippen LogP contribution is -2.45. The van der Waals surface area contributed by atoms with Gasteiger partial charge in [0.25, 0.3) is 0 Å². The first kappa shape index (κ1) is 13.3. The van der Waals surface area contributed by atoms with Crippen LogP contribution in [0.15, 0.2) is 18.6 Å². The van der Waals surface area contributed by atoms with E-state index in [0.717, 1.165) is 23.7 Å². The van der Waals surface area contributed by atoms with Gasteiger partial charge < -0.3 is 5.11 Å². The van der Waals surface area contributed by atoms with Crippen LogP contribution in [0.5, 0.6) is 0 Å². The van der Waals surface area contributed by atoms with Crippen LogP contribution in [0.3, 0.4) is 0 Å². The zero-order chi connectivity index (χ0) is 13.0. The van der Waals surface area contributed by atoms with E-state index in [2.05, 4.69) is 21.8 Å². The number of thioether (sulfide) groups is 1. The second kappa shape index (κ2) is 6.15. The highest BCUT2D eigenvalue weighted by molar-refractivity contribution is 7.99. The van der Waals surface area contributed by atoms with Crippen LogP contribution < -0.4 is 0 Å². The van der Waals surface area contributed by atoms with Crippen molar-refractivity contribution in [2.24, 2.45) is 0 Å². The Labute approximate surface area is 111 Å². The summed E-state index contributed by atoms with van der Waals surface area (Å²) in [5.74, 6) is 1.18. The van der Waals surface area contributed by atoms with E-state index in [4.69, 9.17) is 5.11 Å². The second-order valence-electron chi connectivity index (χ2n) is 4.37. The lowest BCUT2D eigenvalue weighted by atomic mass is 10.1. The minimum atomic E-state index is -0.737. The molecule has 0 aromatic carbocycles. The van der Waals surface area contributed by atoms with E-state index >= 15 is 0 Å². The third-order valence-electron chi connectivity index (χ3n) is 3.19. The Bertz CT molecular complexity index is 402. The number of rotatable bonds is 4. The zero-order valence-electron chi connectivity index (χ0n) is 10.3. The molecule has 5 nitrogen and oxygen atoms in total. The fraction of sp³-hybridized carbons (Fsp3) is 0.583. The van der Waals surface area contributed by atoms with Crippen LogP contribution in [-0.4, -0.2) is 50.0 Å². The maximum atomic E-state index is 10.9. The van der Waals surface area contributed by atoms with Crippen LogP contribution in [0.25, 0.3) is 0 Å². The van der Waals surface area contributed by atoms with Crippen molar-refractivity contribution in [3.8, 4) is 0 Å². The van der Waals surface area contributed by atoms with E-state index in [1.807, 2.05) is 11.8 Å². The molecule has 2 rings (SSSR count). The molecule has 1 fully saturated rings. The monoisotopic (exact) mass is 267 g/mol. The lowest BCUT2D eigenvalue weighted by molar-refractivity contribution is -0.138. The van der Waals surface area contributed by atoms with E-state index in [0.29, 0.717) is 0 Å². The predicted octanol–water partition coefficient (Wildman–Crippen LogP) is 1.43. The minimum Gasteiger partial charge on any atom is -0.481 e. The second-order valence-corrected chi connectivity index (χ2v) is 5.52. The number of aromatic nitrogens is 2. The smallest absolute Gasteiger partial charge is 0.304 e. The molecule has 1 aliphatic rings. The number of carboxylic acid groups (broad SMARTS) is 1. The Hall–Kier alpha value is -1.14. The van der Waals surface area contributed by atoms with Gasteiger partial charge in [-0.2, -0.15) is 11.8 Å². The van der Waals surface area contributed by atoms with E-state index in [-0.39, 0.29) is 18.5 Å². The van der Waals surface area contributed by atoms with Crippen LogP contribution in [0.2, 0.25) is 0 Å². The van der Waals surface area contributed by atoms with Crippen LogP contribution in [0, 0.1) is 0 Å². The van der Waals surface area contributed by atoms with E-state index in [9.17, 15) is 4.79 Å². The number of hydrogen-bond acceptors (Lipinski definition) is 5. The molecule has 0 spiro atoms. The Morgan fingerprint density at radius 2 is 2.50 bits per heavy atom. The van der Waals surface area contributed by atoms with Gasteiger partial charge in [-0.15, -0.1) is 0 Å². The molecule has 18 heavy (non-hydrogen) atoms. The minimum absolute atomic E-state index is 0.0817. The third-order valence-corrected chi connectivity index (χ3v) is 4.28. The Morgan fingerprint density at radius 1 is 1.67 bits per heavy atom. The van der Waals surface area contributed by atoms with Gasteiger partial charge in [0, 0.05) is 42.7 Å². The average Bonchev–Trinajstić information content (AvgIpc) is 2.39. The third kappa shape index (κ3) is 3.20. The largest absolute Gasteiger partial charge is 0.481 e.